The highest BCUT2D eigenvalue weighted by Crippen LogP contribution is 2.16. The Bertz CT molecular complexity index is 1090. The van der Waals surface area contributed by atoms with Gasteiger partial charge in [-0.15, -0.1) is 10.2 Å². The first-order valence-electron chi connectivity index (χ1n) is 9.48. The number of aromatic nitrogens is 4. The fraction of sp³-hybridized carbons (Fsp3) is 0.238. The molecule has 7 nitrogen and oxygen atoms in total. The molecule has 0 aliphatic rings. The van der Waals surface area contributed by atoms with Crippen LogP contribution in [0.3, 0.4) is 0 Å². The Balaban J connectivity index is 1.43. The zero-order valence-electron chi connectivity index (χ0n) is 15.8. The van der Waals surface area contributed by atoms with E-state index < -0.39 is 0 Å². The molecule has 0 radical (unpaired) electrons. The molecule has 0 spiro atoms. The van der Waals surface area contributed by atoms with Crippen LogP contribution in [0.15, 0.2) is 65.9 Å². The molecule has 0 atom stereocenters. The summed E-state index contributed by atoms with van der Waals surface area (Å²) in [5.41, 5.74) is 3.01. The highest BCUT2D eigenvalue weighted by atomic mass is 15.2. The second kappa shape index (κ2) is 8.47. The monoisotopic (exact) mass is 373 g/mol. The smallest absolute Gasteiger partial charge is 0.191 e. The van der Waals surface area contributed by atoms with E-state index in [9.17, 15) is 0 Å². The van der Waals surface area contributed by atoms with Gasteiger partial charge in [0.15, 0.2) is 11.6 Å². The Kier molecular flexibility index (Phi) is 5.42. The molecule has 0 saturated heterocycles. The van der Waals surface area contributed by atoms with Gasteiger partial charge in [-0.3, -0.25) is 9.38 Å². The maximum absolute atomic E-state index is 4.74. The lowest BCUT2D eigenvalue weighted by molar-refractivity contribution is 0.763. The molecule has 4 rings (SSSR count). The number of nitrogens with zero attached hydrogens (tertiary/aromatic N) is 5. The van der Waals surface area contributed by atoms with Crippen LogP contribution in [-0.2, 0) is 13.0 Å². The topological polar surface area (TPSA) is 79.5 Å². The predicted octanol–water partition coefficient (Wildman–Crippen LogP) is 2.58. The van der Waals surface area contributed by atoms with Gasteiger partial charge in [0.25, 0.3) is 0 Å². The largest absolute Gasteiger partial charge is 0.357 e. The van der Waals surface area contributed by atoms with Crippen LogP contribution in [0.1, 0.15) is 18.3 Å². The van der Waals surface area contributed by atoms with Crippen molar-refractivity contribution in [2.75, 3.05) is 13.1 Å². The lowest BCUT2D eigenvalue weighted by atomic mass is 10.1. The highest BCUT2D eigenvalue weighted by Gasteiger charge is 2.06. The van der Waals surface area contributed by atoms with E-state index in [0.29, 0.717) is 6.54 Å². The van der Waals surface area contributed by atoms with Crippen LogP contribution >= 0.6 is 0 Å². The maximum Gasteiger partial charge on any atom is 0.191 e. The fourth-order valence-electron chi connectivity index (χ4n) is 3.15. The minimum atomic E-state index is 0.590. The Morgan fingerprint density at radius 2 is 1.93 bits per heavy atom. The number of nitrogens with one attached hydrogen (secondary N) is 2. The summed E-state index contributed by atoms with van der Waals surface area (Å²) >= 11 is 0. The molecule has 1 aromatic carbocycles. The van der Waals surface area contributed by atoms with Crippen molar-refractivity contribution in [3.63, 3.8) is 0 Å². The van der Waals surface area contributed by atoms with Crippen LogP contribution in [0.2, 0.25) is 0 Å². The lowest BCUT2D eigenvalue weighted by Crippen LogP contribution is -2.38. The number of para-hydroxylation sites is 1. The molecule has 0 saturated carbocycles. The first-order chi connectivity index (χ1) is 13.8. The fourth-order valence-corrected chi connectivity index (χ4v) is 3.15. The molecule has 3 aromatic heterocycles. The van der Waals surface area contributed by atoms with Crippen molar-refractivity contribution in [1.82, 2.24) is 30.2 Å². The number of fused-ring (bicyclic) bond motifs is 2. The number of rotatable bonds is 6. The normalized spacial score (nSPS) is 11.8. The van der Waals surface area contributed by atoms with Crippen molar-refractivity contribution in [2.45, 2.75) is 19.9 Å². The van der Waals surface area contributed by atoms with Crippen LogP contribution in [-0.4, -0.2) is 38.6 Å². The third kappa shape index (κ3) is 3.93. The van der Waals surface area contributed by atoms with Crippen molar-refractivity contribution >= 4 is 22.5 Å². The van der Waals surface area contributed by atoms with Crippen molar-refractivity contribution < 1.29 is 0 Å². The molecule has 3 heterocycles. The van der Waals surface area contributed by atoms with Gasteiger partial charge >= 0.3 is 0 Å². The summed E-state index contributed by atoms with van der Waals surface area (Å²) < 4.78 is 2.01. The molecule has 0 aliphatic heterocycles. The first-order valence-corrected chi connectivity index (χ1v) is 9.48. The number of benzene rings is 1. The second-order valence-corrected chi connectivity index (χ2v) is 6.40. The minimum absolute atomic E-state index is 0.590. The first kappa shape index (κ1) is 17.9. The van der Waals surface area contributed by atoms with Gasteiger partial charge in [0.2, 0.25) is 0 Å². The minimum Gasteiger partial charge on any atom is -0.357 e. The average molecular weight is 373 g/mol. The molecule has 0 fully saturated rings. The average Bonchev–Trinajstić information content (AvgIpc) is 3.15. The number of hydrogen-bond donors (Lipinski definition) is 2. The number of aliphatic imine (C=N–C) groups is 1. The summed E-state index contributed by atoms with van der Waals surface area (Å²) in [6.45, 7) is 4.17. The van der Waals surface area contributed by atoms with E-state index >= 15 is 0 Å². The van der Waals surface area contributed by atoms with E-state index in [-0.39, 0.29) is 0 Å². The molecule has 2 N–H and O–H groups in total. The molecule has 0 aliphatic carbocycles. The van der Waals surface area contributed by atoms with E-state index in [2.05, 4.69) is 38.8 Å². The standard InChI is InChI=1S/C21H23N7/c1-2-22-21(24-13-11-20-27-26-19-9-5-6-14-28(19)20)25-15-16-10-12-23-18-8-4-3-7-17(16)18/h3-10,12,14H,2,11,13,15H2,1H3,(H2,22,24,25). The quantitative estimate of drug-likeness (QED) is 0.401. The van der Waals surface area contributed by atoms with Crippen molar-refractivity contribution in [3.05, 3.63) is 72.3 Å². The maximum atomic E-state index is 4.74. The van der Waals surface area contributed by atoms with Gasteiger partial charge in [0.1, 0.15) is 5.82 Å². The third-order valence-electron chi connectivity index (χ3n) is 4.52. The molecule has 28 heavy (non-hydrogen) atoms. The predicted molar refractivity (Wildman–Crippen MR) is 111 cm³/mol. The summed E-state index contributed by atoms with van der Waals surface area (Å²) in [5, 5.41) is 16.3. The second-order valence-electron chi connectivity index (χ2n) is 6.40. The summed E-state index contributed by atoms with van der Waals surface area (Å²) in [5.74, 6) is 1.72. The SMILES string of the molecule is CCNC(=NCc1ccnc2ccccc12)NCCc1nnc2ccccn12. The van der Waals surface area contributed by atoms with Gasteiger partial charge in [0, 0.05) is 37.3 Å². The molecule has 0 unspecified atom stereocenters. The molecular formula is C21H23N7. The summed E-state index contributed by atoms with van der Waals surface area (Å²) in [6, 6.07) is 16.1. The van der Waals surface area contributed by atoms with E-state index in [1.165, 1.54) is 0 Å². The van der Waals surface area contributed by atoms with Crippen LogP contribution in [0.5, 0.6) is 0 Å². The van der Waals surface area contributed by atoms with Gasteiger partial charge in [0.05, 0.1) is 12.1 Å². The van der Waals surface area contributed by atoms with Crippen molar-refractivity contribution in [1.29, 1.82) is 0 Å². The van der Waals surface area contributed by atoms with Gasteiger partial charge in [-0.1, -0.05) is 24.3 Å². The molecule has 0 bridgehead atoms. The number of guanidine groups is 1. The van der Waals surface area contributed by atoms with Gasteiger partial charge in [-0.2, -0.15) is 0 Å². The van der Waals surface area contributed by atoms with E-state index in [1.54, 1.807) is 0 Å². The van der Waals surface area contributed by atoms with Gasteiger partial charge in [-0.25, -0.2) is 4.99 Å². The Morgan fingerprint density at radius 1 is 1.04 bits per heavy atom. The molecular weight excluding hydrogens is 350 g/mol. The van der Waals surface area contributed by atoms with Gasteiger partial charge in [-0.05, 0) is 36.8 Å². The van der Waals surface area contributed by atoms with Crippen LogP contribution in [0.25, 0.3) is 16.6 Å². The van der Waals surface area contributed by atoms with E-state index in [4.69, 9.17) is 4.99 Å². The Hall–Kier alpha value is -3.48. The van der Waals surface area contributed by atoms with Crippen LogP contribution < -0.4 is 10.6 Å². The zero-order valence-corrected chi connectivity index (χ0v) is 15.8. The van der Waals surface area contributed by atoms with Gasteiger partial charge < -0.3 is 10.6 Å². The molecule has 7 heteroatoms. The van der Waals surface area contributed by atoms with Crippen LogP contribution in [0, 0.1) is 0 Å². The summed E-state index contributed by atoms with van der Waals surface area (Å²) in [6.07, 6.45) is 4.58. The Labute approximate surface area is 163 Å². The highest BCUT2D eigenvalue weighted by molar-refractivity contribution is 5.83. The number of hydrogen-bond acceptors (Lipinski definition) is 4. The van der Waals surface area contributed by atoms with Crippen LogP contribution in [0.4, 0.5) is 0 Å². The molecule has 142 valence electrons. The zero-order chi connectivity index (χ0) is 19.2. The lowest BCUT2D eigenvalue weighted by Gasteiger charge is -2.11. The van der Waals surface area contributed by atoms with E-state index in [0.717, 1.165) is 53.4 Å². The van der Waals surface area contributed by atoms with Crippen molar-refractivity contribution in [2.24, 2.45) is 4.99 Å². The summed E-state index contributed by atoms with van der Waals surface area (Å²) in [4.78, 5) is 9.15. The summed E-state index contributed by atoms with van der Waals surface area (Å²) in [7, 11) is 0. The number of pyridine rings is 2. The van der Waals surface area contributed by atoms with E-state index in [1.807, 2.05) is 59.3 Å². The molecule has 0 amide bonds. The van der Waals surface area contributed by atoms with Crippen molar-refractivity contribution in [3.8, 4) is 0 Å². The Morgan fingerprint density at radius 3 is 2.86 bits per heavy atom. The molecule has 4 aromatic rings. The third-order valence-corrected chi connectivity index (χ3v) is 4.52.